The van der Waals surface area contributed by atoms with Gasteiger partial charge in [-0.3, -0.25) is 4.68 Å². The quantitative estimate of drug-likeness (QED) is 0.913. The van der Waals surface area contributed by atoms with Crippen molar-refractivity contribution in [3.05, 3.63) is 18.0 Å². The largest absolute Gasteiger partial charge is 0.435 e. The fraction of sp³-hybridized carbons (Fsp3) is 0.750. The maximum absolute atomic E-state index is 12.6. The predicted molar refractivity (Wildman–Crippen MR) is 82.4 cm³/mol. The van der Waals surface area contributed by atoms with E-state index in [1.807, 2.05) is 6.92 Å². The number of amides is 2. The van der Waals surface area contributed by atoms with Crippen LogP contribution in [-0.4, -0.2) is 39.8 Å². The van der Waals surface area contributed by atoms with Gasteiger partial charge in [-0.2, -0.15) is 18.3 Å². The second-order valence-corrected chi connectivity index (χ2v) is 6.83. The van der Waals surface area contributed by atoms with Crippen molar-refractivity contribution in [2.24, 2.45) is 5.92 Å². The molecule has 0 radical (unpaired) electrons. The van der Waals surface area contributed by atoms with Gasteiger partial charge in [-0.15, -0.1) is 0 Å². The van der Waals surface area contributed by atoms with E-state index in [4.69, 9.17) is 0 Å². The molecule has 8 heteroatoms. The van der Waals surface area contributed by atoms with Gasteiger partial charge in [0.15, 0.2) is 5.69 Å². The number of halogens is 3. The van der Waals surface area contributed by atoms with Gasteiger partial charge in [-0.05, 0) is 44.6 Å². The van der Waals surface area contributed by atoms with E-state index in [1.165, 1.54) is 30.1 Å². The Hall–Kier alpha value is -1.73. The van der Waals surface area contributed by atoms with E-state index in [-0.39, 0.29) is 18.1 Å². The number of hydrogen-bond donors (Lipinski definition) is 1. The molecule has 2 aliphatic rings. The first-order valence-electron chi connectivity index (χ1n) is 8.52. The predicted octanol–water partition coefficient (Wildman–Crippen LogP) is 3.44. The molecule has 24 heavy (non-hydrogen) atoms. The molecule has 1 aromatic rings. The summed E-state index contributed by atoms with van der Waals surface area (Å²) in [6, 6.07) is 1.03. The van der Waals surface area contributed by atoms with Crippen molar-refractivity contribution in [3.8, 4) is 0 Å². The zero-order chi connectivity index (χ0) is 17.3. The summed E-state index contributed by atoms with van der Waals surface area (Å²) < 4.78 is 39.2. The van der Waals surface area contributed by atoms with Gasteiger partial charge in [0.1, 0.15) is 0 Å². The maximum atomic E-state index is 12.6. The Bertz CT molecular complexity index is 574. The summed E-state index contributed by atoms with van der Waals surface area (Å²) in [6.07, 6.45) is 1.77. The van der Waals surface area contributed by atoms with Crippen LogP contribution in [0.15, 0.2) is 12.3 Å². The third-order valence-electron chi connectivity index (χ3n) is 5.23. The minimum absolute atomic E-state index is 0.0655. The van der Waals surface area contributed by atoms with Gasteiger partial charge >= 0.3 is 12.2 Å². The minimum atomic E-state index is -4.41. The monoisotopic (exact) mass is 344 g/mol. The summed E-state index contributed by atoms with van der Waals surface area (Å²) in [5.74, 6) is 0.580. The van der Waals surface area contributed by atoms with Gasteiger partial charge in [-0.1, -0.05) is 6.42 Å². The molecule has 1 N–H and O–H groups in total. The average molecular weight is 344 g/mol. The summed E-state index contributed by atoms with van der Waals surface area (Å²) in [5.41, 5.74) is -0.864. The van der Waals surface area contributed by atoms with Crippen LogP contribution in [-0.2, 0) is 6.18 Å². The lowest BCUT2D eigenvalue weighted by Gasteiger charge is -2.36. The Kier molecular flexibility index (Phi) is 4.73. The number of carbonyl (C=O) groups excluding carboxylic acids is 1. The molecule has 1 saturated carbocycles. The third kappa shape index (κ3) is 3.67. The molecule has 0 bridgehead atoms. The Morgan fingerprint density at radius 3 is 2.46 bits per heavy atom. The molecule has 1 aliphatic carbocycles. The van der Waals surface area contributed by atoms with E-state index in [0.29, 0.717) is 31.8 Å². The van der Waals surface area contributed by atoms with Crippen molar-refractivity contribution < 1.29 is 18.0 Å². The second-order valence-electron chi connectivity index (χ2n) is 6.83. The number of carbonyl (C=O) groups is 1. The van der Waals surface area contributed by atoms with Crippen LogP contribution in [0.5, 0.6) is 0 Å². The Balaban J connectivity index is 1.50. The first-order chi connectivity index (χ1) is 11.3. The molecule has 2 amide bonds. The van der Waals surface area contributed by atoms with E-state index in [1.54, 1.807) is 4.90 Å². The Morgan fingerprint density at radius 1 is 1.29 bits per heavy atom. The van der Waals surface area contributed by atoms with Crippen molar-refractivity contribution in [3.63, 3.8) is 0 Å². The van der Waals surface area contributed by atoms with Gasteiger partial charge in [0.2, 0.25) is 0 Å². The smallest absolute Gasteiger partial charge is 0.335 e. The fourth-order valence-corrected chi connectivity index (χ4v) is 3.37. The molecule has 1 saturated heterocycles. The molecule has 2 heterocycles. The van der Waals surface area contributed by atoms with E-state index in [0.717, 1.165) is 6.07 Å². The number of likely N-dealkylation sites (tertiary alicyclic amines) is 1. The molecule has 5 nitrogen and oxygen atoms in total. The highest BCUT2D eigenvalue weighted by Crippen LogP contribution is 2.31. The van der Waals surface area contributed by atoms with Gasteiger partial charge in [0, 0.05) is 25.3 Å². The molecular formula is C16H23F3N4O. The van der Waals surface area contributed by atoms with Gasteiger partial charge in [0.05, 0.1) is 6.04 Å². The SMILES string of the molecule is C[C@H](NC(=O)N1CCC(n2ccc(C(F)(F)F)n2)CC1)C1CCC1. The van der Waals surface area contributed by atoms with Gasteiger partial charge in [0.25, 0.3) is 0 Å². The highest BCUT2D eigenvalue weighted by Gasteiger charge is 2.35. The van der Waals surface area contributed by atoms with Crippen LogP contribution in [0, 0.1) is 5.92 Å². The van der Waals surface area contributed by atoms with Crippen LogP contribution in [0.25, 0.3) is 0 Å². The van der Waals surface area contributed by atoms with Crippen molar-refractivity contribution >= 4 is 6.03 Å². The van der Waals surface area contributed by atoms with Crippen molar-refractivity contribution in [1.82, 2.24) is 20.0 Å². The van der Waals surface area contributed by atoms with Crippen LogP contribution in [0.1, 0.15) is 50.8 Å². The summed E-state index contributed by atoms with van der Waals surface area (Å²) >= 11 is 0. The summed E-state index contributed by atoms with van der Waals surface area (Å²) in [6.45, 7) is 3.11. The molecule has 134 valence electrons. The number of alkyl halides is 3. The molecule has 0 unspecified atom stereocenters. The zero-order valence-corrected chi connectivity index (χ0v) is 13.7. The number of hydrogen-bond acceptors (Lipinski definition) is 2. The van der Waals surface area contributed by atoms with Gasteiger partial charge in [-0.25, -0.2) is 4.79 Å². The molecular weight excluding hydrogens is 321 g/mol. The molecule has 0 spiro atoms. The fourth-order valence-electron chi connectivity index (χ4n) is 3.37. The maximum Gasteiger partial charge on any atom is 0.435 e. The molecule has 1 atom stereocenters. The zero-order valence-electron chi connectivity index (χ0n) is 13.7. The third-order valence-corrected chi connectivity index (χ3v) is 5.23. The summed E-state index contributed by atoms with van der Waals surface area (Å²) in [7, 11) is 0. The number of urea groups is 1. The van der Waals surface area contributed by atoms with Crippen LogP contribution >= 0.6 is 0 Å². The van der Waals surface area contributed by atoms with Crippen LogP contribution in [0.3, 0.4) is 0 Å². The topological polar surface area (TPSA) is 50.2 Å². The van der Waals surface area contributed by atoms with E-state index in [2.05, 4.69) is 10.4 Å². The molecule has 3 rings (SSSR count). The van der Waals surface area contributed by atoms with Crippen molar-refractivity contribution in [2.45, 2.75) is 57.3 Å². The van der Waals surface area contributed by atoms with Crippen LogP contribution < -0.4 is 5.32 Å². The highest BCUT2D eigenvalue weighted by atomic mass is 19.4. The number of piperidine rings is 1. The van der Waals surface area contributed by atoms with Gasteiger partial charge < -0.3 is 10.2 Å². The normalized spacial score (nSPS) is 21.4. The second kappa shape index (κ2) is 6.64. The summed E-state index contributed by atoms with van der Waals surface area (Å²) in [4.78, 5) is 14.0. The minimum Gasteiger partial charge on any atom is -0.335 e. The first kappa shape index (κ1) is 17.1. The molecule has 0 aromatic carbocycles. The lowest BCUT2D eigenvalue weighted by Crippen LogP contribution is -2.50. The van der Waals surface area contributed by atoms with Crippen LogP contribution in [0.4, 0.5) is 18.0 Å². The molecule has 2 fully saturated rings. The lowest BCUT2D eigenvalue weighted by molar-refractivity contribution is -0.141. The number of nitrogens with zero attached hydrogens (tertiary/aromatic N) is 3. The first-order valence-corrected chi connectivity index (χ1v) is 8.52. The summed E-state index contributed by atoms with van der Waals surface area (Å²) in [5, 5.41) is 6.68. The molecule has 1 aromatic heterocycles. The van der Waals surface area contributed by atoms with E-state index < -0.39 is 11.9 Å². The average Bonchev–Trinajstić information content (AvgIpc) is 2.95. The van der Waals surface area contributed by atoms with E-state index >= 15 is 0 Å². The number of rotatable bonds is 3. The van der Waals surface area contributed by atoms with Crippen LogP contribution in [0.2, 0.25) is 0 Å². The van der Waals surface area contributed by atoms with Crippen molar-refractivity contribution in [2.75, 3.05) is 13.1 Å². The van der Waals surface area contributed by atoms with E-state index in [9.17, 15) is 18.0 Å². The standard InChI is InChI=1S/C16H23F3N4O/c1-11(12-3-2-4-12)20-15(24)22-8-5-13(6-9-22)23-10-7-14(21-23)16(17,18)19/h7,10-13H,2-6,8-9H2,1H3,(H,20,24)/t11-/m0/s1. The molecule has 1 aliphatic heterocycles. The number of aromatic nitrogens is 2. The van der Waals surface area contributed by atoms with Crippen molar-refractivity contribution in [1.29, 1.82) is 0 Å². The Labute approximate surface area is 139 Å². The number of nitrogens with one attached hydrogen (secondary N) is 1. The lowest BCUT2D eigenvalue weighted by atomic mass is 9.80. The Morgan fingerprint density at radius 2 is 1.96 bits per heavy atom. The highest BCUT2D eigenvalue weighted by molar-refractivity contribution is 5.74.